The molecule has 0 heterocycles. The molecule has 1 aliphatic rings. The van der Waals surface area contributed by atoms with Gasteiger partial charge in [0.05, 0.1) is 18.1 Å². The number of nitrogens with two attached hydrogens (primary N) is 1. The van der Waals surface area contributed by atoms with Gasteiger partial charge < -0.3 is 15.9 Å². The number of carbonyl (C=O) groups is 1. The van der Waals surface area contributed by atoms with Crippen molar-refractivity contribution in [2.24, 2.45) is 5.73 Å². The van der Waals surface area contributed by atoms with Crippen LogP contribution >= 0.6 is 0 Å². The number of aliphatic hydroxyl groups is 1. The van der Waals surface area contributed by atoms with Crippen molar-refractivity contribution in [3.63, 3.8) is 0 Å². The maximum Gasteiger partial charge on any atom is 0.310 e. The maximum absolute atomic E-state index is 10.9. The van der Waals surface area contributed by atoms with E-state index in [2.05, 4.69) is 24.3 Å². The van der Waals surface area contributed by atoms with Crippen molar-refractivity contribution in [3.05, 3.63) is 83.4 Å². The number of hydrogen-bond donors (Lipinski definition) is 3. The lowest BCUT2D eigenvalue weighted by Crippen LogP contribution is -2.21. The fraction of sp³-hybridized carbons (Fsp3) is 0.292. The summed E-state index contributed by atoms with van der Waals surface area (Å²) in [5.41, 5.74) is 9.12. The number of aliphatic hydroxyl groups excluding tert-OH is 1. The van der Waals surface area contributed by atoms with Crippen molar-refractivity contribution >= 4 is 16.7 Å². The molecule has 0 unspecified atom stereocenters. The second-order valence-electron chi connectivity index (χ2n) is 7.29. The molecule has 3 aromatic carbocycles. The molecule has 4 heteroatoms. The van der Waals surface area contributed by atoms with E-state index >= 15 is 0 Å². The summed E-state index contributed by atoms with van der Waals surface area (Å²) in [4.78, 5) is 10.9. The minimum Gasteiger partial charge on any atom is -0.481 e. The summed E-state index contributed by atoms with van der Waals surface area (Å²) in [6.07, 6.45) is 1.86. The molecule has 3 atom stereocenters. The fourth-order valence-corrected chi connectivity index (χ4v) is 3.76. The Balaban J connectivity index is 0.000000163. The summed E-state index contributed by atoms with van der Waals surface area (Å²) in [6, 6.07) is 21.6. The second kappa shape index (κ2) is 9.00. The van der Waals surface area contributed by atoms with Crippen LogP contribution in [0.25, 0.3) is 10.8 Å². The lowest BCUT2D eigenvalue weighted by molar-refractivity contribution is -0.139. The average Bonchev–Trinajstić information content (AvgIpc) is 2.98. The van der Waals surface area contributed by atoms with Crippen molar-refractivity contribution in [2.75, 3.05) is 0 Å². The zero-order valence-corrected chi connectivity index (χ0v) is 16.1. The first-order valence-corrected chi connectivity index (χ1v) is 9.74. The lowest BCUT2D eigenvalue weighted by Gasteiger charge is -2.10. The summed E-state index contributed by atoms with van der Waals surface area (Å²) >= 11 is 0. The molecule has 3 aromatic rings. The molecule has 1 aliphatic carbocycles. The highest BCUT2D eigenvalue weighted by Crippen LogP contribution is 2.32. The molecule has 0 spiro atoms. The SMILES string of the molecule is CCC[C@@H](C(=O)O)c1ccccc1.N[C@@H]1c2cc3ccccc3cc2C[C@@H]1O. The summed E-state index contributed by atoms with van der Waals surface area (Å²) < 4.78 is 0. The van der Waals surface area contributed by atoms with Gasteiger partial charge in [-0.2, -0.15) is 0 Å². The van der Waals surface area contributed by atoms with Crippen molar-refractivity contribution in [2.45, 2.75) is 44.2 Å². The molecule has 0 radical (unpaired) electrons. The van der Waals surface area contributed by atoms with E-state index in [1.54, 1.807) is 0 Å². The van der Waals surface area contributed by atoms with Gasteiger partial charge in [0.25, 0.3) is 0 Å². The molecule has 0 saturated heterocycles. The van der Waals surface area contributed by atoms with Crippen molar-refractivity contribution in [1.82, 2.24) is 0 Å². The van der Waals surface area contributed by atoms with Crippen LogP contribution in [0.5, 0.6) is 0 Å². The first-order chi connectivity index (χ1) is 13.5. The van der Waals surface area contributed by atoms with E-state index in [1.807, 2.05) is 49.4 Å². The Labute approximate surface area is 165 Å². The molecule has 28 heavy (non-hydrogen) atoms. The largest absolute Gasteiger partial charge is 0.481 e. The van der Waals surface area contributed by atoms with Crippen LogP contribution in [0.4, 0.5) is 0 Å². The number of benzene rings is 3. The Morgan fingerprint density at radius 1 is 1.07 bits per heavy atom. The standard InChI is InChI=1S/C13H13NO.C11H14O2/c14-13-11-6-9-4-2-1-3-8(9)5-10(11)7-12(13)15;1-2-6-10(11(12)13)9-7-4-3-5-8-9/h1-6,12-13,15H,7,14H2;3-5,7-8,10H,2,6H2,1H3,(H,12,13)/t12-,13+;10-/m01/s1. The zero-order chi connectivity index (χ0) is 20.1. The Morgan fingerprint density at radius 3 is 2.29 bits per heavy atom. The fourth-order valence-electron chi connectivity index (χ4n) is 3.76. The van der Waals surface area contributed by atoms with E-state index in [9.17, 15) is 9.90 Å². The number of rotatable bonds is 4. The third-order valence-corrected chi connectivity index (χ3v) is 5.29. The Bertz CT molecular complexity index is 939. The molecule has 4 N–H and O–H groups in total. The van der Waals surface area contributed by atoms with Crippen molar-refractivity contribution < 1.29 is 15.0 Å². The van der Waals surface area contributed by atoms with Crippen LogP contribution in [-0.4, -0.2) is 22.3 Å². The van der Waals surface area contributed by atoms with Gasteiger partial charge in [-0.1, -0.05) is 74.0 Å². The topological polar surface area (TPSA) is 83.5 Å². The van der Waals surface area contributed by atoms with Crippen LogP contribution in [-0.2, 0) is 11.2 Å². The molecule has 4 rings (SSSR count). The highest BCUT2D eigenvalue weighted by Gasteiger charge is 2.27. The smallest absolute Gasteiger partial charge is 0.310 e. The van der Waals surface area contributed by atoms with Crippen LogP contribution in [0.1, 0.15) is 48.4 Å². The van der Waals surface area contributed by atoms with Gasteiger partial charge in [-0.25, -0.2) is 0 Å². The molecule has 4 nitrogen and oxygen atoms in total. The van der Waals surface area contributed by atoms with Gasteiger partial charge in [0.2, 0.25) is 0 Å². The number of fused-ring (bicyclic) bond motifs is 2. The van der Waals surface area contributed by atoms with Gasteiger partial charge in [-0.05, 0) is 39.9 Å². The molecular weight excluding hydrogens is 350 g/mol. The third kappa shape index (κ3) is 4.41. The molecule has 0 aromatic heterocycles. The van der Waals surface area contributed by atoms with Crippen LogP contribution in [0.2, 0.25) is 0 Å². The molecule has 0 aliphatic heterocycles. The Hall–Kier alpha value is -2.69. The van der Waals surface area contributed by atoms with Crippen molar-refractivity contribution in [1.29, 1.82) is 0 Å². The summed E-state index contributed by atoms with van der Waals surface area (Å²) in [6.45, 7) is 2.00. The quantitative estimate of drug-likeness (QED) is 0.629. The van der Waals surface area contributed by atoms with Crippen molar-refractivity contribution in [3.8, 4) is 0 Å². The minimum absolute atomic E-state index is 0.218. The van der Waals surface area contributed by atoms with E-state index < -0.39 is 12.1 Å². The highest BCUT2D eigenvalue weighted by molar-refractivity contribution is 5.84. The van der Waals surface area contributed by atoms with E-state index in [4.69, 9.17) is 10.8 Å². The van der Waals surface area contributed by atoms with Crippen LogP contribution in [0, 0.1) is 0 Å². The summed E-state index contributed by atoms with van der Waals surface area (Å²) in [5, 5.41) is 21.1. The third-order valence-electron chi connectivity index (χ3n) is 5.29. The van der Waals surface area contributed by atoms with Gasteiger partial charge in [-0.15, -0.1) is 0 Å². The van der Waals surface area contributed by atoms with Gasteiger partial charge in [0.1, 0.15) is 0 Å². The van der Waals surface area contributed by atoms with E-state index in [-0.39, 0.29) is 12.0 Å². The van der Waals surface area contributed by atoms with E-state index in [0.717, 1.165) is 17.5 Å². The molecule has 0 bridgehead atoms. The molecule has 0 saturated carbocycles. The second-order valence-corrected chi connectivity index (χ2v) is 7.29. The van der Waals surface area contributed by atoms with Crippen LogP contribution in [0.15, 0.2) is 66.7 Å². The number of hydrogen-bond acceptors (Lipinski definition) is 3. The predicted molar refractivity (Wildman–Crippen MR) is 112 cm³/mol. The van der Waals surface area contributed by atoms with Crippen LogP contribution in [0.3, 0.4) is 0 Å². The summed E-state index contributed by atoms with van der Waals surface area (Å²) in [5.74, 6) is -1.07. The van der Waals surface area contributed by atoms with Gasteiger partial charge >= 0.3 is 5.97 Å². The normalized spacial score (nSPS) is 18.8. The monoisotopic (exact) mass is 377 g/mol. The number of carboxylic acid groups (broad SMARTS) is 1. The summed E-state index contributed by atoms with van der Waals surface area (Å²) in [7, 11) is 0. The Kier molecular flexibility index (Phi) is 6.45. The van der Waals surface area contributed by atoms with Gasteiger partial charge in [0.15, 0.2) is 0 Å². The first-order valence-electron chi connectivity index (χ1n) is 9.74. The van der Waals surface area contributed by atoms with E-state index in [1.165, 1.54) is 16.3 Å². The molecular formula is C24H27NO3. The number of carboxylic acids is 1. The molecule has 146 valence electrons. The molecule has 0 amide bonds. The minimum atomic E-state index is -0.729. The predicted octanol–water partition coefficient (Wildman–Crippen LogP) is 4.41. The van der Waals surface area contributed by atoms with Gasteiger partial charge in [0, 0.05) is 6.42 Å². The van der Waals surface area contributed by atoms with Crippen LogP contribution < -0.4 is 5.73 Å². The lowest BCUT2D eigenvalue weighted by atomic mass is 9.95. The first kappa shape index (κ1) is 20.1. The Morgan fingerprint density at radius 2 is 1.68 bits per heavy atom. The maximum atomic E-state index is 10.9. The highest BCUT2D eigenvalue weighted by atomic mass is 16.4. The number of aliphatic carboxylic acids is 1. The molecule has 0 fully saturated rings. The average molecular weight is 377 g/mol. The van der Waals surface area contributed by atoms with Gasteiger partial charge in [-0.3, -0.25) is 4.79 Å². The van der Waals surface area contributed by atoms with E-state index in [0.29, 0.717) is 12.8 Å². The zero-order valence-electron chi connectivity index (χ0n) is 16.1.